The summed E-state index contributed by atoms with van der Waals surface area (Å²) in [5, 5.41) is 3.03. The van der Waals surface area contributed by atoms with Gasteiger partial charge >= 0.3 is 0 Å². The zero-order chi connectivity index (χ0) is 15.8. The quantitative estimate of drug-likeness (QED) is 0.793. The van der Waals surface area contributed by atoms with Gasteiger partial charge in [0.05, 0.1) is 18.6 Å². The van der Waals surface area contributed by atoms with Gasteiger partial charge < -0.3 is 20.5 Å². The van der Waals surface area contributed by atoms with E-state index in [1.54, 1.807) is 0 Å². The molecule has 1 saturated heterocycles. The van der Waals surface area contributed by atoms with Crippen LogP contribution in [0, 0.1) is 5.41 Å². The first kappa shape index (κ1) is 19.9. The Labute approximate surface area is 144 Å². The summed E-state index contributed by atoms with van der Waals surface area (Å²) < 4.78 is 11.0. The van der Waals surface area contributed by atoms with Crippen LogP contribution in [-0.2, 0) is 20.9 Å². The number of hydrogen-bond donors (Lipinski definition) is 2. The number of ether oxygens (including phenoxy) is 2. The fraction of sp³-hybridized carbons (Fsp3) is 0.588. The smallest absolute Gasteiger partial charge is 0.227 e. The van der Waals surface area contributed by atoms with Gasteiger partial charge in [-0.15, -0.1) is 12.4 Å². The molecule has 1 atom stereocenters. The van der Waals surface area contributed by atoms with Gasteiger partial charge in [0.1, 0.15) is 0 Å². The predicted molar refractivity (Wildman–Crippen MR) is 92.5 cm³/mol. The molecule has 1 aliphatic rings. The number of nitrogens with two attached hydrogens (primary N) is 1. The van der Waals surface area contributed by atoms with Crippen LogP contribution in [0.15, 0.2) is 30.3 Å². The number of hydrogen-bond acceptors (Lipinski definition) is 4. The van der Waals surface area contributed by atoms with Crippen molar-refractivity contribution in [3.05, 3.63) is 35.9 Å². The monoisotopic (exact) mass is 342 g/mol. The molecule has 2 rings (SSSR count). The van der Waals surface area contributed by atoms with Crippen LogP contribution in [0.3, 0.4) is 0 Å². The fourth-order valence-corrected chi connectivity index (χ4v) is 2.63. The van der Waals surface area contributed by atoms with E-state index in [1.807, 2.05) is 37.3 Å². The molecule has 0 bridgehead atoms. The minimum Gasteiger partial charge on any atom is -0.381 e. The van der Waals surface area contributed by atoms with E-state index < -0.39 is 5.41 Å². The van der Waals surface area contributed by atoms with Crippen molar-refractivity contribution in [3.63, 3.8) is 0 Å². The van der Waals surface area contributed by atoms with Gasteiger partial charge in [0.15, 0.2) is 0 Å². The molecule has 0 saturated carbocycles. The van der Waals surface area contributed by atoms with Crippen LogP contribution < -0.4 is 11.1 Å². The van der Waals surface area contributed by atoms with Crippen LogP contribution in [0.1, 0.15) is 25.3 Å². The molecule has 1 unspecified atom stereocenters. The molecule has 1 fully saturated rings. The standard InChI is InChI=1S/C17H26N2O3.ClH/c1-14(11-22-12-15-5-3-2-4-6-15)19-16(20)17(13-18)7-9-21-10-8-17;/h2-6,14H,7-13,18H2,1H3,(H,19,20);1H. The first-order valence-electron chi connectivity index (χ1n) is 7.87. The lowest BCUT2D eigenvalue weighted by Gasteiger charge is -2.35. The van der Waals surface area contributed by atoms with Crippen LogP contribution in [-0.4, -0.2) is 38.3 Å². The summed E-state index contributed by atoms with van der Waals surface area (Å²) in [6.45, 7) is 4.55. The molecule has 0 spiro atoms. The summed E-state index contributed by atoms with van der Waals surface area (Å²) in [6.07, 6.45) is 1.37. The van der Waals surface area contributed by atoms with Crippen LogP contribution in [0.5, 0.6) is 0 Å². The minimum absolute atomic E-state index is 0. The van der Waals surface area contributed by atoms with Crippen LogP contribution >= 0.6 is 12.4 Å². The molecule has 23 heavy (non-hydrogen) atoms. The van der Waals surface area contributed by atoms with Gasteiger partial charge in [-0.1, -0.05) is 30.3 Å². The van der Waals surface area contributed by atoms with Gasteiger partial charge in [-0.25, -0.2) is 0 Å². The molecule has 1 aliphatic heterocycles. The molecule has 0 radical (unpaired) electrons. The van der Waals surface area contributed by atoms with E-state index in [-0.39, 0.29) is 24.4 Å². The van der Waals surface area contributed by atoms with Crippen LogP contribution in [0.25, 0.3) is 0 Å². The molecule has 5 nitrogen and oxygen atoms in total. The Bertz CT molecular complexity index is 464. The van der Waals surface area contributed by atoms with E-state index in [9.17, 15) is 4.79 Å². The Kier molecular flexibility index (Phi) is 8.55. The summed E-state index contributed by atoms with van der Waals surface area (Å²) in [6, 6.07) is 9.96. The van der Waals surface area contributed by atoms with Crippen molar-refractivity contribution >= 4 is 18.3 Å². The number of halogens is 1. The van der Waals surface area contributed by atoms with Gasteiger partial charge in [-0.3, -0.25) is 4.79 Å². The number of nitrogens with one attached hydrogen (secondary N) is 1. The average Bonchev–Trinajstić information content (AvgIpc) is 2.56. The second-order valence-corrected chi connectivity index (χ2v) is 5.97. The predicted octanol–water partition coefficient (Wildman–Crippen LogP) is 1.89. The second kappa shape index (κ2) is 9.88. The topological polar surface area (TPSA) is 73.6 Å². The Morgan fingerprint density at radius 2 is 2.00 bits per heavy atom. The highest BCUT2D eigenvalue weighted by Crippen LogP contribution is 2.29. The largest absolute Gasteiger partial charge is 0.381 e. The highest BCUT2D eigenvalue weighted by atomic mass is 35.5. The van der Waals surface area contributed by atoms with E-state index in [2.05, 4.69) is 5.32 Å². The van der Waals surface area contributed by atoms with Crippen LogP contribution in [0.2, 0.25) is 0 Å². The molecular formula is C17H27ClN2O3. The third-order valence-corrected chi connectivity index (χ3v) is 4.18. The van der Waals surface area contributed by atoms with Crippen molar-refractivity contribution < 1.29 is 14.3 Å². The number of carbonyl (C=O) groups is 1. The van der Waals surface area contributed by atoms with Crippen molar-refractivity contribution in [3.8, 4) is 0 Å². The van der Waals surface area contributed by atoms with Gasteiger partial charge in [-0.05, 0) is 25.3 Å². The molecule has 1 aromatic carbocycles. The van der Waals surface area contributed by atoms with Crippen LogP contribution in [0.4, 0.5) is 0 Å². The highest BCUT2D eigenvalue weighted by molar-refractivity contribution is 5.85. The van der Waals surface area contributed by atoms with Crippen molar-refractivity contribution in [2.24, 2.45) is 11.1 Å². The molecular weight excluding hydrogens is 316 g/mol. The second-order valence-electron chi connectivity index (χ2n) is 5.97. The molecule has 1 amide bonds. The summed E-state index contributed by atoms with van der Waals surface area (Å²) in [7, 11) is 0. The molecule has 6 heteroatoms. The Hall–Kier alpha value is -1.14. The summed E-state index contributed by atoms with van der Waals surface area (Å²) in [5.74, 6) is 0.0223. The summed E-state index contributed by atoms with van der Waals surface area (Å²) >= 11 is 0. The average molecular weight is 343 g/mol. The maximum atomic E-state index is 12.5. The molecule has 1 heterocycles. The SMILES string of the molecule is CC(COCc1ccccc1)NC(=O)C1(CN)CCOCC1.Cl. The number of rotatable bonds is 7. The first-order valence-corrected chi connectivity index (χ1v) is 7.87. The molecule has 1 aromatic rings. The van der Waals surface area contributed by atoms with Gasteiger partial charge in [-0.2, -0.15) is 0 Å². The van der Waals surface area contributed by atoms with Crippen molar-refractivity contribution in [1.82, 2.24) is 5.32 Å². The number of benzene rings is 1. The lowest BCUT2D eigenvalue weighted by Crippen LogP contribution is -2.52. The minimum atomic E-state index is -0.480. The zero-order valence-electron chi connectivity index (χ0n) is 13.6. The molecule has 3 N–H and O–H groups in total. The third-order valence-electron chi connectivity index (χ3n) is 4.18. The number of carbonyl (C=O) groups excluding carboxylic acids is 1. The molecule has 130 valence electrons. The lowest BCUT2D eigenvalue weighted by atomic mass is 9.79. The van der Waals surface area contributed by atoms with Crippen molar-refractivity contribution in [1.29, 1.82) is 0 Å². The zero-order valence-corrected chi connectivity index (χ0v) is 14.4. The number of amides is 1. The maximum Gasteiger partial charge on any atom is 0.227 e. The van der Waals surface area contributed by atoms with Gasteiger partial charge in [0.25, 0.3) is 0 Å². The van der Waals surface area contributed by atoms with Gasteiger partial charge in [0.2, 0.25) is 5.91 Å². The van der Waals surface area contributed by atoms with Gasteiger partial charge in [0, 0.05) is 25.8 Å². The summed E-state index contributed by atoms with van der Waals surface area (Å²) in [4.78, 5) is 12.5. The van der Waals surface area contributed by atoms with E-state index in [4.69, 9.17) is 15.2 Å². The Morgan fingerprint density at radius 1 is 1.35 bits per heavy atom. The molecule has 0 aromatic heterocycles. The van der Waals surface area contributed by atoms with Crippen molar-refractivity contribution in [2.45, 2.75) is 32.4 Å². The Morgan fingerprint density at radius 3 is 2.61 bits per heavy atom. The third kappa shape index (κ3) is 5.77. The highest BCUT2D eigenvalue weighted by Gasteiger charge is 2.39. The van der Waals surface area contributed by atoms with E-state index in [1.165, 1.54) is 0 Å². The van der Waals surface area contributed by atoms with Crippen molar-refractivity contribution in [2.75, 3.05) is 26.4 Å². The van der Waals surface area contributed by atoms with E-state index in [0.29, 0.717) is 45.8 Å². The lowest BCUT2D eigenvalue weighted by molar-refractivity contribution is -0.137. The normalized spacial score (nSPS) is 17.8. The maximum absolute atomic E-state index is 12.5. The first-order chi connectivity index (χ1) is 10.7. The Balaban J connectivity index is 0.00000264. The summed E-state index contributed by atoms with van der Waals surface area (Å²) in [5.41, 5.74) is 6.49. The fourth-order valence-electron chi connectivity index (χ4n) is 2.63. The van der Waals surface area contributed by atoms with E-state index >= 15 is 0 Å². The molecule has 0 aliphatic carbocycles. The van der Waals surface area contributed by atoms with E-state index in [0.717, 1.165) is 5.56 Å².